The number of nitrogens with zero attached hydrogens (tertiary/aromatic N) is 1. The summed E-state index contributed by atoms with van der Waals surface area (Å²) in [5.41, 5.74) is 1.54. The fraction of sp³-hybridized carbons (Fsp3) is 0.143. The monoisotopic (exact) mass is 382 g/mol. The van der Waals surface area contributed by atoms with Crippen LogP contribution < -0.4 is 15.6 Å². The number of rotatable bonds is 6. The zero-order valence-electron chi connectivity index (χ0n) is 14.8. The van der Waals surface area contributed by atoms with E-state index in [1.165, 1.54) is 22.9 Å². The Hall–Kier alpha value is -3.05. The highest BCUT2D eigenvalue weighted by Gasteiger charge is 2.12. The normalized spacial score (nSPS) is 10.4. The van der Waals surface area contributed by atoms with Gasteiger partial charge in [0.2, 0.25) is 0 Å². The average molecular weight is 383 g/mol. The van der Waals surface area contributed by atoms with Gasteiger partial charge in [0.05, 0.1) is 24.4 Å². The zero-order chi connectivity index (χ0) is 19.2. The minimum Gasteiger partial charge on any atom is -0.492 e. The molecule has 1 amide bonds. The molecular weight excluding hydrogens is 364 g/mol. The second-order valence-electron chi connectivity index (χ2n) is 5.86. The van der Waals surface area contributed by atoms with Crippen molar-refractivity contribution in [3.63, 3.8) is 0 Å². The van der Waals surface area contributed by atoms with Crippen LogP contribution in [0.1, 0.15) is 22.8 Å². The van der Waals surface area contributed by atoms with Gasteiger partial charge in [-0.05, 0) is 36.8 Å². The summed E-state index contributed by atoms with van der Waals surface area (Å²) in [6.45, 7) is 2.66. The van der Waals surface area contributed by atoms with E-state index in [9.17, 15) is 9.59 Å². The molecule has 0 spiro atoms. The number of halogens is 1. The molecule has 0 saturated carbocycles. The number of anilines is 1. The highest BCUT2D eigenvalue weighted by atomic mass is 35.5. The molecule has 1 N–H and O–H groups in total. The number of amides is 1. The van der Waals surface area contributed by atoms with Crippen LogP contribution in [0.4, 0.5) is 5.69 Å². The van der Waals surface area contributed by atoms with Crippen molar-refractivity contribution in [2.24, 2.45) is 0 Å². The molecular formula is C21H19ClN2O3. The third kappa shape index (κ3) is 4.57. The largest absolute Gasteiger partial charge is 0.492 e. The Morgan fingerprint density at radius 3 is 2.59 bits per heavy atom. The molecule has 1 heterocycles. The van der Waals surface area contributed by atoms with Crippen LogP contribution in [-0.4, -0.2) is 17.1 Å². The smallest absolute Gasteiger partial charge is 0.257 e. The molecule has 3 rings (SSSR count). The van der Waals surface area contributed by atoms with Crippen LogP contribution in [0.2, 0.25) is 5.02 Å². The van der Waals surface area contributed by atoms with E-state index >= 15 is 0 Å². The number of aromatic nitrogens is 1. The Kier molecular flexibility index (Phi) is 5.94. The summed E-state index contributed by atoms with van der Waals surface area (Å²) in [4.78, 5) is 24.8. The van der Waals surface area contributed by atoms with Crippen molar-refractivity contribution in [2.75, 3.05) is 11.9 Å². The molecule has 2 aromatic carbocycles. The molecule has 3 aromatic rings. The lowest BCUT2D eigenvalue weighted by Crippen LogP contribution is -2.22. The van der Waals surface area contributed by atoms with Crippen LogP contribution in [0.3, 0.4) is 0 Å². The predicted molar refractivity (Wildman–Crippen MR) is 107 cm³/mol. The van der Waals surface area contributed by atoms with Crippen LogP contribution in [0.25, 0.3) is 0 Å². The molecule has 1 aromatic heterocycles. The highest BCUT2D eigenvalue weighted by molar-refractivity contribution is 6.31. The lowest BCUT2D eigenvalue weighted by atomic mass is 10.2. The first-order valence-electron chi connectivity index (χ1n) is 8.55. The van der Waals surface area contributed by atoms with Gasteiger partial charge in [0.15, 0.2) is 0 Å². The van der Waals surface area contributed by atoms with Crippen LogP contribution in [0, 0.1) is 0 Å². The second kappa shape index (κ2) is 8.56. The minimum absolute atomic E-state index is 0.207. The third-order valence-corrected chi connectivity index (χ3v) is 4.35. The molecule has 138 valence electrons. The number of ether oxygens (including phenoxy) is 1. The van der Waals surface area contributed by atoms with E-state index in [0.29, 0.717) is 28.6 Å². The van der Waals surface area contributed by atoms with Crippen molar-refractivity contribution < 1.29 is 9.53 Å². The Labute approximate surface area is 162 Å². The molecule has 27 heavy (non-hydrogen) atoms. The fourth-order valence-electron chi connectivity index (χ4n) is 2.65. The molecule has 0 atom stereocenters. The van der Waals surface area contributed by atoms with Gasteiger partial charge < -0.3 is 14.6 Å². The maximum absolute atomic E-state index is 12.6. The van der Waals surface area contributed by atoms with Gasteiger partial charge in [-0.3, -0.25) is 9.59 Å². The standard InChI is InChI=1S/C21H19ClN2O3/c1-2-27-19-10-6-5-9-18(19)23-21(26)16-11-12-20(25)24(14-16)13-15-7-3-4-8-17(15)22/h3-12,14H,2,13H2,1H3,(H,23,26). The molecule has 5 nitrogen and oxygen atoms in total. The van der Waals surface area contributed by atoms with Crippen molar-refractivity contribution in [2.45, 2.75) is 13.5 Å². The number of hydrogen-bond donors (Lipinski definition) is 1. The lowest BCUT2D eigenvalue weighted by Gasteiger charge is -2.12. The Bertz CT molecular complexity index is 1010. The number of carbonyl (C=O) groups is 1. The van der Waals surface area contributed by atoms with Gasteiger partial charge >= 0.3 is 0 Å². The summed E-state index contributed by atoms with van der Waals surface area (Å²) in [7, 11) is 0. The van der Waals surface area contributed by atoms with E-state index in [4.69, 9.17) is 16.3 Å². The topological polar surface area (TPSA) is 60.3 Å². The van der Waals surface area contributed by atoms with E-state index < -0.39 is 0 Å². The van der Waals surface area contributed by atoms with Crippen molar-refractivity contribution in [3.05, 3.63) is 93.4 Å². The highest BCUT2D eigenvalue weighted by Crippen LogP contribution is 2.24. The molecule has 6 heteroatoms. The van der Waals surface area contributed by atoms with Gasteiger partial charge in [0.1, 0.15) is 5.75 Å². The molecule has 0 unspecified atom stereocenters. The second-order valence-corrected chi connectivity index (χ2v) is 6.27. The van der Waals surface area contributed by atoms with Crippen LogP contribution >= 0.6 is 11.6 Å². The average Bonchev–Trinajstić information content (AvgIpc) is 2.67. The number of para-hydroxylation sites is 2. The van der Waals surface area contributed by atoms with E-state index in [1.807, 2.05) is 37.3 Å². The molecule has 0 bridgehead atoms. The Morgan fingerprint density at radius 1 is 1.07 bits per heavy atom. The molecule has 0 radical (unpaired) electrons. The number of nitrogens with one attached hydrogen (secondary N) is 1. The zero-order valence-corrected chi connectivity index (χ0v) is 15.6. The first-order chi connectivity index (χ1) is 13.1. The van der Waals surface area contributed by atoms with Crippen molar-refractivity contribution in [1.82, 2.24) is 4.57 Å². The van der Waals surface area contributed by atoms with E-state index in [2.05, 4.69) is 5.32 Å². The summed E-state index contributed by atoms with van der Waals surface area (Å²) in [6.07, 6.45) is 1.53. The van der Waals surface area contributed by atoms with Crippen LogP contribution in [0.5, 0.6) is 5.75 Å². The first kappa shape index (κ1) is 18.7. The van der Waals surface area contributed by atoms with Crippen LogP contribution in [-0.2, 0) is 6.54 Å². The molecule has 0 fully saturated rings. The van der Waals surface area contributed by atoms with Crippen molar-refractivity contribution >= 4 is 23.2 Å². The van der Waals surface area contributed by atoms with Gasteiger partial charge in [0, 0.05) is 17.3 Å². The van der Waals surface area contributed by atoms with Gasteiger partial charge in [-0.1, -0.05) is 41.9 Å². The number of pyridine rings is 1. The summed E-state index contributed by atoms with van der Waals surface area (Å²) >= 11 is 6.17. The number of hydrogen-bond acceptors (Lipinski definition) is 3. The maximum Gasteiger partial charge on any atom is 0.257 e. The quantitative estimate of drug-likeness (QED) is 0.695. The SMILES string of the molecule is CCOc1ccccc1NC(=O)c1ccc(=O)n(Cc2ccccc2Cl)c1. The number of carbonyl (C=O) groups excluding carboxylic acids is 1. The minimum atomic E-state index is -0.324. The lowest BCUT2D eigenvalue weighted by molar-refractivity contribution is 0.102. The fourth-order valence-corrected chi connectivity index (χ4v) is 2.84. The van der Waals surface area contributed by atoms with E-state index in [-0.39, 0.29) is 18.0 Å². The van der Waals surface area contributed by atoms with Gasteiger partial charge in [-0.15, -0.1) is 0 Å². The maximum atomic E-state index is 12.6. The van der Waals surface area contributed by atoms with Gasteiger partial charge in [-0.25, -0.2) is 0 Å². The summed E-state index contributed by atoms with van der Waals surface area (Å²) in [5, 5.41) is 3.40. The predicted octanol–water partition coefficient (Wildman–Crippen LogP) is 4.20. The third-order valence-electron chi connectivity index (χ3n) is 3.98. The summed E-state index contributed by atoms with van der Waals surface area (Å²) < 4.78 is 6.99. The van der Waals surface area contributed by atoms with Crippen LogP contribution in [0.15, 0.2) is 71.7 Å². The van der Waals surface area contributed by atoms with E-state index in [0.717, 1.165) is 5.56 Å². The van der Waals surface area contributed by atoms with E-state index in [1.54, 1.807) is 18.2 Å². The van der Waals surface area contributed by atoms with Crippen molar-refractivity contribution in [1.29, 1.82) is 0 Å². The van der Waals surface area contributed by atoms with Crippen molar-refractivity contribution in [3.8, 4) is 5.75 Å². The molecule has 0 aliphatic rings. The molecule has 0 aliphatic carbocycles. The Morgan fingerprint density at radius 2 is 1.81 bits per heavy atom. The molecule has 0 aliphatic heterocycles. The number of benzene rings is 2. The Balaban J connectivity index is 1.84. The summed E-state index contributed by atoms with van der Waals surface area (Å²) in [5.74, 6) is 0.271. The van der Waals surface area contributed by atoms with Gasteiger partial charge in [0.25, 0.3) is 11.5 Å². The first-order valence-corrected chi connectivity index (χ1v) is 8.93. The summed E-state index contributed by atoms with van der Waals surface area (Å²) in [6, 6.07) is 17.4. The van der Waals surface area contributed by atoms with Gasteiger partial charge in [-0.2, -0.15) is 0 Å². The molecule has 0 saturated heterocycles.